The van der Waals surface area contributed by atoms with Crippen LogP contribution < -0.4 is 15.5 Å². The third-order valence-electron chi connectivity index (χ3n) is 5.85. The third-order valence-corrected chi connectivity index (χ3v) is 5.85. The SMILES string of the molecule is CN=C(NCc1cccc(NC(=O)C2CCCO2)c1)N1CCN(c2ccccc2F)CC1.I. The summed E-state index contributed by atoms with van der Waals surface area (Å²) in [4.78, 5) is 21.0. The van der Waals surface area contributed by atoms with Gasteiger partial charge in [0.25, 0.3) is 5.91 Å². The van der Waals surface area contributed by atoms with Gasteiger partial charge in [-0.15, -0.1) is 24.0 Å². The van der Waals surface area contributed by atoms with Crippen LogP contribution in [0.4, 0.5) is 15.8 Å². The second-order valence-corrected chi connectivity index (χ2v) is 8.02. The number of ether oxygens (including phenoxy) is 1. The van der Waals surface area contributed by atoms with Crippen molar-refractivity contribution in [2.75, 3.05) is 50.1 Å². The van der Waals surface area contributed by atoms with Crippen LogP contribution in [0.15, 0.2) is 53.5 Å². The predicted molar refractivity (Wildman–Crippen MR) is 140 cm³/mol. The van der Waals surface area contributed by atoms with Gasteiger partial charge >= 0.3 is 0 Å². The van der Waals surface area contributed by atoms with E-state index in [1.807, 2.05) is 36.4 Å². The van der Waals surface area contributed by atoms with Crippen LogP contribution in [0.1, 0.15) is 18.4 Å². The maximum absolute atomic E-state index is 14.1. The molecule has 2 heterocycles. The van der Waals surface area contributed by atoms with Gasteiger partial charge in [-0.05, 0) is 42.7 Å². The van der Waals surface area contributed by atoms with Crippen LogP contribution in [0.25, 0.3) is 0 Å². The molecule has 1 amide bonds. The number of carbonyl (C=O) groups excluding carboxylic acids is 1. The van der Waals surface area contributed by atoms with Gasteiger partial charge in [0, 0.05) is 52.1 Å². The van der Waals surface area contributed by atoms with E-state index >= 15 is 0 Å². The summed E-state index contributed by atoms with van der Waals surface area (Å²) in [5.41, 5.74) is 2.46. The van der Waals surface area contributed by atoms with E-state index in [0.29, 0.717) is 18.8 Å². The Morgan fingerprint density at radius 3 is 2.64 bits per heavy atom. The lowest BCUT2D eigenvalue weighted by atomic mass is 10.2. The Morgan fingerprint density at radius 2 is 1.94 bits per heavy atom. The van der Waals surface area contributed by atoms with Gasteiger partial charge in [-0.25, -0.2) is 4.39 Å². The number of guanidine groups is 1. The Hall–Kier alpha value is -2.40. The molecular weight excluding hydrogens is 536 g/mol. The molecule has 0 spiro atoms. The van der Waals surface area contributed by atoms with Crippen molar-refractivity contribution < 1.29 is 13.9 Å². The van der Waals surface area contributed by atoms with E-state index in [2.05, 4.69) is 25.4 Å². The Balaban J connectivity index is 0.00000306. The standard InChI is InChI=1S/C24H30FN5O2.HI/c1-26-24(30-13-11-29(12-14-30)21-9-3-2-8-20(21)25)27-17-18-6-4-7-19(16-18)28-23(31)22-10-5-15-32-22;/h2-4,6-9,16,22H,5,10-15,17H2,1H3,(H,26,27)(H,28,31);1H. The fourth-order valence-electron chi connectivity index (χ4n) is 4.15. The minimum Gasteiger partial charge on any atom is -0.368 e. The average Bonchev–Trinajstić information content (AvgIpc) is 3.36. The number of benzene rings is 2. The van der Waals surface area contributed by atoms with Gasteiger partial charge in [0.05, 0.1) is 5.69 Å². The number of para-hydroxylation sites is 1. The largest absolute Gasteiger partial charge is 0.368 e. The minimum atomic E-state index is -0.348. The molecule has 2 saturated heterocycles. The van der Waals surface area contributed by atoms with Gasteiger partial charge in [0.2, 0.25) is 0 Å². The van der Waals surface area contributed by atoms with Crippen molar-refractivity contribution in [3.63, 3.8) is 0 Å². The van der Waals surface area contributed by atoms with Gasteiger partial charge in [-0.2, -0.15) is 0 Å². The first-order valence-electron chi connectivity index (χ1n) is 11.1. The van der Waals surface area contributed by atoms with Crippen molar-refractivity contribution >= 4 is 47.2 Å². The van der Waals surface area contributed by atoms with E-state index < -0.39 is 0 Å². The molecule has 33 heavy (non-hydrogen) atoms. The first-order valence-corrected chi connectivity index (χ1v) is 11.1. The summed E-state index contributed by atoms with van der Waals surface area (Å²) in [6, 6.07) is 14.7. The average molecular weight is 567 g/mol. The van der Waals surface area contributed by atoms with Crippen molar-refractivity contribution in [1.82, 2.24) is 10.2 Å². The van der Waals surface area contributed by atoms with Gasteiger partial charge < -0.3 is 25.2 Å². The molecule has 0 radical (unpaired) electrons. The Bertz CT molecular complexity index is 959. The molecule has 2 aliphatic rings. The van der Waals surface area contributed by atoms with Gasteiger partial charge in [0.1, 0.15) is 11.9 Å². The smallest absolute Gasteiger partial charge is 0.253 e. The van der Waals surface area contributed by atoms with Crippen LogP contribution in [-0.2, 0) is 16.1 Å². The molecule has 2 fully saturated rings. The number of carbonyl (C=O) groups is 1. The number of nitrogens with one attached hydrogen (secondary N) is 2. The van der Waals surface area contributed by atoms with E-state index in [1.165, 1.54) is 6.07 Å². The predicted octanol–water partition coefficient (Wildman–Crippen LogP) is 3.46. The Kier molecular flexibility index (Phi) is 9.30. The van der Waals surface area contributed by atoms with Crippen molar-refractivity contribution in [3.8, 4) is 0 Å². The van der Waals surface area contributed by atoms with Crippen LogP contribution in [-0.4, -0.2) is 62.7 Å². The van der Waals surface area contributed by atoms with Crippen molar-refractivity contribution in [3.05, 3.63) is 59.9 Å². The topological polar surface area (TPSA) is 69.2 Å². The van der Waals surface area contributed by atoms with Crippen LogP contribution in [0.3, 0.4) is 0 Å². The molecular formula is C24H31FIN5O2. The van der Waals surface area contributed by atoms with E-state index in [0.717, 1.165) is 56.2 Å². The van der Waals surface area contributed by atoms with E-state index in [1.54, 1.807) is 13.1 Å². The second kappa shape index (κ2) is 12.2. The number of amides is 1. The maximum Gasteiger partial charge on any atom is 0.253 e. The zero-order valence-electron chi connectivity index (χ0n) is 18.8. The lowest BCUT2D eigenvalue weighted by Crippen LogP contribution is -2.52. The maximum atomic E-state index is 14.1. The summed E-state index contributed by atoms with van der Waals surface area (Å²) in [5.74, 6) is 0.540. The Labute approximate surface area is 211 Å². The molecule has 0 bridgehead atoms. The van der Waals surface area contributed by atoms with Gasteiger partial charge in [-0.3, -0.25) is 9.79 Å². The van der Waals surface area contributed by atoms with Crippen molar-refractivity contribution in [1.29, 1.82) is 0 Å². The highest BCUT2D eigenvalue weighted by molar-refractivity contribution is 14.0. The van der Waals surface area contributed by atoms with Crippen molar-refractivity contribution in [2.24, 2.45) is 4.99 Å². The Morgan fingerprint density at radius 1 is 1.15 bits per heavy atom. The van der Waals surface area contributed by atoms with Crippen LogP contribution >= 0.6 is 24.0 Å². The second-order valence-electron chi connectivity index (χ2n) is 8.02. The number of rotatable bonds is 5. The minimum absolute atomic E-state index is 0. The number of nitrogens with zero attached hydrogens (tertiary/aromatic N) is 3. The number of halogens is 2. The quantitative estimate of drug-likeness (QED) is 0.329. The molecule has 4 rings (SSSR count). The highest BCUT2D eigenvalue weighted by Crippen LogP contribution is 2.20. The fraction of sp³-hybridized carbons (Fsp3) is 0.417. The van der Waals surface area contributed by atoms with E-state index in [-0.39, 0.29) is 41.8 Å². The van der Waals surface area contributed by atoms with E-state index in [4.69, 9.17) is 4.74 Å². The molecule has 2 aliphatic heterocycles. The highest BCUT2D eigenvalue weighted by atomic mass is 127. The number of hydrogen-bond donors (Lipinski definition) is 2. The number of piperazine rings is 1. The fourth-order valence-corrected chi connectivity index (χ4v) is 4.15. The summed E-state index contributed by atoms with van der Waals surface area (Å²) in [6.45, 7) is 4.20. The molecule has 0 aromatic heterocycles. The molecule has 1 unspecified atom stereocenters. The monoisotopic (exact) mass is 567 g/mol. The van der Waals surface area contributed by atoms with Crippen LogP contribution in [0.2, 0.25) is 0 Å². The molecule has 9 heteroatoms. The highest BCUT2D eigenvalue weighted by Gasteiger charge is 2.24. The first-order chi connectivity index (χ1) is 15.6. The van der Waals surface area contributed by atoms with Crippen molar-refractivity contribution in [2.45, 2.75) is 25.5 Å². The molecule has 0 aliphatic carbocycles. The van der Waals surface area contributed by atoms with Crippen LogP contribution in [0, 0.1) is 5.82 Å². The molecule has 0 saturated carbocycles. The molecule has 2 aromatic rings. The zero-order valence-corrected chi connectivity index (χ0v) is 21.1. The summed E-state index contributed by atoms with van der Waals surface area (Å²) >= 11 is 0. The molecule has 178 valence electrons. The summed E-state index contributed by atoms with van der Waals surface area (Å²) in [7, 11) is 1.77. The lowest BCUT2D eigenvalue weighted by Gasteiger charge is -2.37. The molecule has 2 aromatic carbocycles. The first kappa shape index (κ1) is 25.2. The summed E-state index contributed by atoms with van der Waals surface area (Å²) in [6.07, 6.45) is 1.35. The van der Waals surface area contributed by atoms with Gasteiger partial charge in [-0.1, -0.05) is 24.3 Å². The zero-order chi connectivity index (χ0) is 22.3. The third kappa shape index (κ3) is 6.57. The summed E-state index contributed by atoms with van der Waals surface area (Å²) < 4.78 is 19.5. The number of aliphatic imine (C=N–C) groups is 1. The van der Waals surface area contributed by atoms with E-state index in [9.17, 15) is 9.18 Å². The number of hydrogen-bond acceptors (Lipinski definition) is 4. The van der Waals surface area contributed by atoms with Crippen LogP contribution in [0.5, 0.6) is 0 Å². The van der Waals surface area contributed by atoms with Gasteiger partial charge in [0.15, 0.2) is 5.96 Å². The normalized spacial score (nSPS) is 18.6. The number of anilines is 2. The summed E-state index contributed by atoms with van der Waals surface area (Å²) in [5, 5.41) is 6.35. The lowest BCUT2D eigenvalue weighted by molar-refractivity contribution is -0.124. The molecule has 1 atom stereocenters. The molecule has 7 nitrogen and oxygen atoms in total. The molecule has 2 N–H and O–H groups in total.